The third-order valence-electron chi connectivity index (χ3n) is 4.89. The monoisotopic (exact) mass is 335 g/mol. The van der Waals surface area contributed by atoms with Gasteiger partial charge in [-0.05, 0) is 12.5 Å². The topological polar surface area (TPSA) is 21.6 Å². The molecule has 24 heavy (non-hydrogen) atoms. The van der Waals surface area contributed by atoms with Crippen LogP contribution >= 0.6 is 0 Å². The molecule has 0 atom stereocenters. The number of nitrogens with zero attached hydrogens (tertiary/aromatic N) is 1. The molecule has 0 fully saturated rings. The van der Waals surface area contributed by atoms with E-state index in [1.54, 1.807) is 6.26 Å². The molecule has 140 valence electrons. The molecule has 0 saturated carbocycles. The van der Waals surface area contributed by atoms with Crippen LogP contribution in [0.3, 0.4) is 0 Å². The van der Waals surface area contributed by atoms with Crippen LogP contribution < -0.4 is 0 Å². The largest absolute Gasteiger partial charge is 0.451 e. The van der Waals surface area contributed by atoms with Crippen LogP contribution in [0.1, 0.15) is 116 Å². The van der Waals surface area contributed by atoms with Crippen LogP contribution in [0.4, 0.5) is 0 Å². The first-order valence-electron chi connectivity index (χ1n) is 10.8. The van der Waals surface area contributed by atoms with E-state index in [1.807, 2.05) is 6.08 Å². The summed E-state index contributed by atoms with van der Waals surface area (Å²) in [5.41, 5.74) is 0. The van der Waals surface area contributed by atoms with Crippen molar-refractivity contribution in [2.45, 2.75) is 116 Å². The molecule has 2 nitrogen and oxygen atoms in total. The van der Waals surface area contributed by atoms with Crippen LogP contribution in [-0.2, 0) is 4.74 Å². The summed E-state index contributed by atoms with van der Waals surface area (Å²) in [7, 11) is 0. The van der Waals surface area contributed by atoms with Gasteiger partial charge in [-0.1, -0.05) is 103 Å². The fraction of sp³-hybridized carbons (Fsp3) is 0.864. The molecule has 0 amide bonds. The maximum absolute atomic E-state index is 5.25. The minimum Gasteiger partial charge on any atom is -0.451 e. The Balaban J connectivity index is 1.67. The van der Waals surface area contributed by atoms with Crippen molar-refractivity contribution in [2.24, 2.45) is 4.99 Å². The quantitative estimate of drug-likeness (QED) is 0.251. The fourth-order valence-electron chi connectivity index (χ4n) is 3.29. The molecular formula is C22H41NO. The first-order chi connectivity index (χ1) is 11.9. The Morgan fingerprint density at radius 3 is 1.58 bits per heavy atom. The molecule has 1 heterocycles. The van der Waals surface area contributed by atoms with Crippen molar-refractivity contribution in [3.63, 3.8) is 0 Å². The minimum absolute atomic E-state index is 0.888. The Kier molecular flexibility index (Phi) is 15.1. The maximum Gasteiger partial charge on any atom is 0.193 e. The summed E-state index contributed by atoms with van der Waals surface area (Å²) in [4.78, 5) is 4.46. The first kappa shape index (κ1) is 21.3. The van der Waals surface area contributed by atoms with Gasteiger partial charge in [-0.3, -0.25) is 4.99 Å². The molecule has 1 aliphatic rings. The lowest BCUT2D eigenvalue weighted by Crippen LogP contribution is -1.95. The lowest BCUT2D eigenvalue weighted by atomic mass is 10.0. The molecule has 0 radical (unpaired) electrons. The molecule has 0 unspecified atom stereocenters. The van der Waals surface area contributed by atoms with E-state index in [-0.39, 0.29) is 0 Å². The van der Waals surface area contributed by atoms with Crippen molar-refractivity contribution in [1.29, 1.82) is 0 Å². The summed E-state index contributed by atoms with van der Waals surface area (Å²) in [5.74, 6) is 0.899. The number of rotatable bonds is 17. The van der Waals surface area contributed by atoms with Crippen molar-refractivity contribution >= 4 is 5.90 Å². The van der Waals surface area contributed by atoms with Gasteiger partial charge in [0.2, 0.25) is 0 Å². The Bertz CT molecular complexity index is 312. The van der Waals surface area contributed by atoms with Gasteiger partial charge in [-0.15, -0.1) is 0 Å². The maximum atomic E-state index is 5.25. The van der Waals surface area contributed by atoms with Gasteiger partial charge in [0, 0.05) is 13.0 Å². The van der Waals surface area contributed by atoms with E-state index in [2.05, 4.69) is 11.9 Å². The van der Waals surface area contributed by atoms with Gasteiger partial charge < -0.3 is 4.74 Å². The zero-order valence-electron chi connectivity index (χ0n) is 16.2. The van der Waals surface area contributed by atoms with Crippen molar-refractivity contribution in [3.8, 4) is 0 Å². The molecule has 0 aromatic heterocycles. The predicted octanol–water partition coefficient (Wildman–Crippen LogP) is 7.58. The first-order valence-corrected chi connectivity index (χ1v) is 10.8. The van der Waals surface area contributed by atoms with Crippen LogP contribution in [0.25, 0.3) is 0 Å². The van der Waals surface area contributed by atoms with E-state index in [4.69, 9.17) is 4.74 Å². The smallest absolute Gasteiger partial charge is 0.193 e. The van der Waals surface area contributed by atoms with Gasteiger partial charge in [-0.2, -0.15) is 0 Å². The van der Waals surface area contributed by atoms with Gasteiger partial charge in [0.15, 0.2) is 5.90 Å². The summed E-state index contributed by atoms with van der Waals surface area (Å²) >= 11 is 0. The van der Waals surface area contributed by atoms with Gasteiger partial charge >= 0.3 is 0 Å². The van der Waals surface area contributed by atoms with Crippen LogP contribution in [0.2, 0.25) is 0 Å². The van der Waals surface area contributed by atoms with E-state index >= 15 is 0 Å². The van der Waals surface area contributed by atoms with Crippen LogP contribution in [0.5, 0.6) is 0 Å². The van der Waals surface area contributed by atoms with E-state index in [0.29, 0.717) is 0 Å². The molecule has 0 N–H and O–H groups in total. The number of aliphatic imine (C=N–C) groups is 1. The molecule has 2 heteroatoms. The summed E-state index contributed by atoms with van der Waals surface area (Å²) in [5, 5.41) is 0. The summed E-state index contributed by atoms with van der Waals surface area (Å²) in [6.07, 6.45) is 27.3. The molecule has 0 saturated heterocycles. The molecule has 1 rings (SSSR count). The third kappa shape index (κ3) is 13.6. The zero-order valence-corrected chi connectivity index (χ0v) is 16.2. The highest BCUT2D eigenvalue weighted by atomic mass is 16.5. The number of unbranched alkanes of at least 4 members (excludes halogenated alkanes) is 15. The third-order valence-corrected chi connectivity index (χ3v) is 4.89. The van der Waals surface area contributed by atoms with Crippen molar-refractivity contribution in [2.75, 3.05) is 6.54 Å². The van der Waals surface area contributed by atoms with Crippen LogP contribution in [-0.4, -0.2) is 12.4 Å². The molecule has 0 bridgehead atoms. The second-order valence-electron chi connectivity index (χ2n) is 7.27. The number of hydrogen-bond donors (Lipinski definition) is 0. The highest BCUT2D eigenvalue weighted by Gasteiger charge is 2.01. The zero-order chi connectivity index (χ0) is 17.1. The molecule has 0 aromatic carbocycles. The molecule has 1 aliphatic heterocycles. The lowest BCUT2D eigenvalue weighted by Gasteiger charge is -2.03. The SMILES string of the molecule is CCCCCCCCCCCCCCCCCCN=C1CC=CO1. The standard InChI is InChI=1S/C22H41NO/c1-2-3-4-5-6-7-8-9-10-11-12-13-14-15-16-17-20-23-22-19-18-21-24-22/h18,21H,2-17,19-20H2,1H3. The van der Waals surface area contributed by atoms with Gasteiger partial charge in [0.05, 0.1) is 6.26 Å². The fourth-order valence-corrected chi connectivity index (χ4v) is 3.29. The molecular weight excluding hydrogens is 294 g/mol. The minimum atomic E-state index is 0.888. The number of hydrogen-bond acceptors (Lipinski definition) is 2. The Morgan fingerprint density at radius 1 is 0.708 bits per heavy atom. The highest BCUT2D eigenvalue weighted by molar-refractivity contribution is 5.80. The van der Waals surface area contributed by atoms with Gasteiger partial charge in [-0.25, -0.2) is 0 Å². The average molecular weight is 336 g/mol. The van der Waals surface area contributed by atoms with Crippen LogP contribution in [0.15, 0.2) is 17.3 Å². The van der Waals surface area contributed by atoms with Crippen molar-refractivity contribution in [3.05, 3.63) is 12.3 Å². The predicted molar refractivity (Wildman–Crippen MR) is 107 cm³/mol. The second-order valence-corrected chi connectivity index (χ2v) is 7.27. The van der Waals surface area contributed by atoms with Crippen LogP contribution in [0, 0.1) is 0 Å². The van der Waals surface area contributed by atoms with E-state index in [1.165, 1.54) is 103 Å². The van der Waals surface area contributed by atoms with E-state index in [9.17, 15) is 0 Å². The Labute approximate surface area is 151 Å². The molecule has 0 aromatic rings. The number of ether oxygens (including phenoxy) is 1. The molecule has 0 spiro atoms. The summed E-state index contributed by atoms with van der Waals surface area (Å²) in [6.45, 7) is 3.23. The van der Waals surface area contributed by atoms with E-state index < -0.39 is 0 Å². The molecule has 0 aliphatic carbocycles. The van der Waals surface area contributed by atoms with Crippen molar-refractivity contribution < 1.29 is 4.74 Å². The van der Waals surface area contributed by atoms with Gasteiger partial charge in [0.25, 0.3) is 0 Å². The average Bonchev–Trinajstić information content (AvgIpc) is 3.11. The Hall–Kier alpha value is -0.790. The summed E-state index contributed by atoms with van der Waals surface area (Å²) < 4.78 is 5.25. The second kappa shape index (κ2) is 17.0. The normalized spacial score (nSPS) is 15.3. The van der Waals surface area contributed by atoms with E-state index in [0.717, 1.165) is 18.9 Å². The summed E-state index contributed by atoms with van der Waals surface area (Å²) in [6, 6.07) is 0. The lowest BCUT2D eigenvalue weighted by molar-refractivity contribution is 0.477. The Morgan fingerprint density at radius 2 is 1.17 bits per heavy atom. The highest BCUT2D eigenvalue weighted by Crippen LogP contribution is 2.13. The van der Waals surface area contributed by atoms with Gasteiger partial charge in [0.1, 0.15) is 0 Å². The van der Waals surface area contributed by atoms with Crippen molar-refractivity contribution in [1.82, 2.24) is 0 Å².